The number of hydrogen-bond donors (Lipinski definition) is 2. The molecule has 6 nitrogen and oxygen atoms in total. The number of pyridine rings is 1. The number of carbonyl (C=O) groups excluding carboxylic acids is 1. The maximum atomic E-state index is 12.3. The number of aromatic nitrogens is 2. The smallest absolute Gasteiger partial charge is 0.325 e. The standard InChI is InChI=1S/C20H22N4O2S/c1-13(2)10-14-4-5-16(17(11-14)26-3)23-19(25)24-20-22-12-18(27-20)15-6-8-21-9-7-15/h4-9,11-13H,10H2,1-3H3,(H2,22,23,24,25). The highest BCUT2D eigenvalue weighted by molar-refractivity contribution is 7.19. The van der Waals surface area contributed by atoms with Crippen molar-refractivity contribution in [2.75, 3.05) is 17.7 Å². The Balaban J connectivity index is 1.66. The number of benzene rings is 1. The third-order valence-corrected chi connectivity index (χ3v) is 4.81. The number of carbonyl (C=O) groups is 1. The molecule has 2 aromatic heterocycles. The van der Waals surface area contributed by atoms with Gasteiger partial charge in [-0.15, -0.1) is 0 Å². The Morgan fingerprint density at radius 3 is 2.67 bits per heavy atom. The molecule has 0 bridgehead atoms. The molecule has 27 heavy (non-hydrogen) atoms. The van der Waals surface area contributed by atoms with Crippen LogP contribution in [0.3, 0.4) is 0 Å². The number of anilines is 2. The molecule has 3 rings (SSSR count). The zero-order valence-corrected chi connectivity index (χ0v) is 16.3. The van der Waals surface area contributed by atoms with Crippen LogP contribution in [0.2, 0.25) is 0 Å². The van der Waals surface area contributed by atoms with Gasteiger partial charge in [-0.3, -0.25) is 10.3 Å². The summed E-state index contributed by atoms with van der Waals surface area (Å²) in [4.78, 5) is 21.6. The summed E-state index contributed by atoms with van der Waals surface area (Å²) >= 11 is 1.40. The second-order valence-electron chi connectivity index (χ2n) is 6.48. The van der Waals surface area contributed by atoms with Crippen molar-refractivity contribution in [2.45, 2.75) is 20.3 Å². The third kappa shape index (κ3) is 5.04. The quantitative estimate of drug-likeness (QED) is 0.625. The van der Waals surface area contributed by atoms with Crippen LogP contribution in [-0.2, 0) is 6.42 Å². The first-order valence-electron chi connectivity index (χ1n) is 8.66. The number of nitrogens with one attached hydrogen (secondary N) is 2. The van der Waals surface area contributed by atoms with Gasteiger partial charge in [0.15, 0.2) is 5.13 Å². The van der Waals surface area contributed by atoms with Gasteiger partial charge in [0, 0.05) is 18.6 Å². The maximum Gasteiger partial charge on any atom is 0.325 e. The highest BCUT2D eigenvalue weighted by atomic mass is 32.1. The molecule has 1 aromatic carbocycles. The van der Waals surface area contributed by atoms with Gasteiger partial charge in [0.1, 0.15) is 5.75 Å². The fraction of sp³-hybridized carbons (Fsp3) is 0.250. The molecule has 0 aliphatic carbocycles. The van der Waals surface area contributed by atoms with E-state index >= 15 is 0 Å². The molecule has 2 N–H and O–H groups in total. The summed E-state index contributed by atoms with van der Waals surface area (Å²) in [6, 6.07) is 9.27. The van der Waals surface area contributed by atoms with Crippen molar-refractivity contribution in [3.8, 4) is 16.2 Å². The number of methoxy groups -OCH3 is 1. The van der Waals surface area contributed by atoms with Crippen LogP contribution < -0.4 is 15.4 Å². The van der Waals surface area contributed by atoms with Gasteiger partial charge in [-0.25, -0.2) is 9.78 Å². The fourth-order valence-corrected chi connectivity index (χ4v) is 3.49. The molecule has 0 aliphatic heterocycles. The van der Waals surface area contributed by atoms with E-state index < -0.39 is 0 Å². The van der Waals surface area contributed by atoms with Crippen molar-refractivity contribution < 1.29 is 9.53 Å². The van der Waals surface area contributed by atoms with Crippen molar-refractivity contribution in [3.63, 3.8) is 0 Å². The van der Waals surface area contributed by atoms with Crippen LogP contribution in [-0.4, -0.2) is 23.1 Å². The van der Waals surface area contributed by atoms with E-state index in [0.717, 1.165) is 16.9 Å². The number of urea groups is 1. The van der Waals surface area contributed by atoms with E-state index in [1.165, 1.54) is 16.9 Å². The predicted molar refractivity (Wildman–Crippen MR) is 110 cm³/mol. The summed E-state index contributed by atoms with van der Waals surface area (Å²) in [6.45, 7) is 4.33. The van der Waals surface area contributed by atoms with Crippen molar-refractivity contribution in [2.24, 2.45) is 5.92 Å². The van der Waals surface area contributed by atoms with E-state index in [1.54, 1.807) is 25.7 Å². The van der Waals surface area contributed by atoms with Crippen LogP contribution in [0.5, 0.6) is 5.75 Å². The lowest BCUT2D eigenvalue weighted by atomic mass is 10.0. The van der Waals surface area contributed by atoms with Crippen LogP contribution in [0.15, 0.2) is 48.9 Å². The Bertz CT molecular complexity index is 909. The summed E-state index contributed by atoms with van der Waals surface area (Å²) in [7, 11) is 1.60. The van der Waals surface area contributed by atoms with E-state index in [9.17, 15) is 4.79 Å². The van der Waals surface area contributed by atoms with Gasteiger partial charge in [-0.2, -0.15) is 0 Å². The summed E-state index contributed by atoms with van der Waals surface area (Å²) in [5.41, 5.74) is 2.81. The molecule has 0 saturated carbocycles. The first-order chi connectivity index (χ1) is 13.0. The maximum absolute atomic E-state index is 12.3. The molecular weight excluding hydrogens is 360 g/mol. The second-order valence-corrected chi connectivity index (χ2v) is 7.51. The molecule has 3 aromatic rings. The molecule has 0 spiro atoms. The predicted octanol–water partition coefficient (Wildman–Crippen LogP) is 5.06. The van der Waals surface area contributed by atoms with E-state index in [4.69, 9.17) is 4.74 Å². The van der Waals surface area contributed by atoms with E-state index in [1.807, 2.05) is 30.3 Å². The summed E-state index contributed by atoms with van der Waals surface area (Å²) in [5, 5.41) is 6.11. The number of hydrogen-bond acceptors (Lipinski definition) is 5. The van der Waals surface area contributed by atoms with Crippen molar-refractivity contribution in [1.29, 1.82) is 0 Å². The molecule has 2 heterocycles. The molecule has 0 radical (unpaired) electrons. The summed E-state index contributed by atoms with van der Waals surface area (Å²) in [5.74, 6) is 1.19. The molecule has 0 unspecified atom stereocenters. The minimum atomic E-state index is -0.361. The highest BCUT2D eigenvalue weighted by Gasteiger charge is 2.11. The Kier molecular flexibility index (Phi) is 6.03. The van der Waals surface area contributed by atoms with Gasteiger partial charge < -0.3 is 10.1 Å². The minimum Gasteiger partial charge on any atom is -0.495 e. The Labute approximate surface area is 162 Å². The van der Waals surface area contributed by atoms with E-state index in [0.29, 0.717) is 22.5 Å². The van der Waals surface area contributed by atoms with Crippen LogP contribution in [0.4, 0.5) is 15.6 Å². The monoisotopic (exact) mass is 382 g/mol. The number of rotatable bonds is 6. The Morgan fingerprint density at radius 1 is 1.19 bits per heavy atom. The summed E-state index contributed by atoms with van der Waals surface area (Å²) < 4.78 is 5.42. The molecule has 0 saturated heterocycles. The van der Waals surface area contributed by atoms with Crippen molar-refractivity contribution >= 4 is 28.2 Å². The van der Waals surface area contributed by atoms with Crippen LogP contribution in [0, 0.1) is 5.92 Å². The first-order valence-corrected chi connectivity index (χ1v) is 9.48. The van der Waals surface area contributed by atoms with Crippen molar-refractivity contribution in [3.05, 3.63) is 54.5 Å². The number of amides is 2. The second kappa shape index (κ2) is 8.64. The zero-order valence-electron chi connectivity index (χ0n) is 15.5. The first kappa shape index (κ1) is 18.8. The fourth-order valence-electron chi connectivity index (χ4n) is 2.67. The highest BCUT2D eigenvalue weighted by Crippen LogP contribution is 2.29. The Morgan fingerprint density at radius 2 is 1.96 bits per heavy atom. The van der Waals surface area contributed by atoms with Gasteiger partial charge in [0.05, 0.1) is 17.7 Å². The van der Waals surface area contributed by atoms with Gasteiger partial charge in [-0.05, 0) is 47.7 Å². The van der Waals surface area contributed by atoms with Gasteiger partial charge in [0.2, 0.25) is 0 Å². The van der Waals surface area contributed by atoms with Gasteiger partial charge in [0.25, 0.3) is 0 Å². The van der Waals surface area contributed by atoms with Crippen LogP contribution >= 0.6 is 11.3 Å². The molecule has 0 fully saturated rings. The average Bonchev–Trinajstić information content (AvgIpc) is 3.11. The lowest BCUT2D eigenvalue weighted by Crippen LogP contribution is -2.19. The number of nitrogens with zero attached hydrogens (tertiary/aromatic N) is 2. The summed E-state index contributed by atoms with van der Waals surface area (Å²) in [6.07, 6.45) is 6.14. The largest absolute Gasteiger partial charge is 0.495 e. The Hall–Kier alpha value is -2.93. The zero-order chi connectivity index (χ0) is 19.2. The van der Waals surface area contributed by atoms with Gasteiger partial charge in [-0.1, -0.05) is 31.3 Å². The van der Waals surface area contributed by atoms with Crippen LogP contribution in [0.1, 0.15) is 19.4 Å². The molecule has 2 amide bonds. The topological polar surface area (TPSA) is 76.1 Å². The minimum absolute atomic E-state index is 0.361. The lowest BCUT2D eigenvalue weighted by molar-refractivity contribution is 0.262. The molecular formula is C20H22N4O2S. The molecule has 0 atom stereocenters. The average molecular weight is 382 g/mol. The number of thiazole rings is 1. The van der Waals surface area contributed by atoms with E-state index in [2.05, 4.69) is 34.4 Å². The SMILES string of the molecule is COc1cc(CC(C)C)ccc1NC(=O)Nc1ncc(-c2ccncc2)s1. The van der Waals surface area contributed by atoms with E-state index in [-0.39, 0.29) is 6.03 Å². The lowest BCUT2D eigenvalue weighted by Gasteiger charge is -2.13. The van der Waals surface area contributed by atoms with Gasteiger partial charge >= 0.3 is 6.03 Å². The molecule has 7 heteroatoms. The molecule has 0 aliphatic rings. The number of ether oxygens (including phenoxy) is 1. The normalized spacial score (nSPS) is 10.7. The van der Waals surface area contributed by atoms with Crippen molar-refractivity contribution in [1.82, 2.24) is 9.97 Å². The molecule has 140 valence electrons. The third-order valence-electron chi connectivity index (χ3n) is 3.85. The van der Waals surface area contributed by atoms with Crippen LogP contribution in [0.25, 0.3) is 10.4 Å².